The maximum absolute atomic E-state index is 10.9. The van der Waals surface area contributed by atoms with Gasteiger partial charge in [-0.05, 0) is 73.7 Å². The fraction of sp³-hybridized carbons (Fsp3) is 0.190. The molecule has 0 saturated heterocycles. The van der Waals surface area contributed by atoms with Crippen LogP contribution in [0.25, 0.3) is 16.9 Å². The van der Waals surface area contributed by atoms with E-state index < -0.39 is 5.97 Å². The average molecular weight is 397 g/mol. The number of carbonyl (C=O) groups is 1. The summed E-state index contributed by atoms with van der Waals surface area (Å²) in [7, 11) is 0. The van der Waals surface area contributed by atoms with E-state index in [0.717, 1.165) is 32.7 Å². The number of benzene rings is 2. The molecule has 0 N–H and O–H groups in total. The fourth-order valence-electron chi connectivity index (χ4n) is 2.99. The summed E-state index contributed by atoms with van der Waals surface area (Å²) in [6.45, 7) is 4.13. The van der Waals surface area contributed by atoms with Gasteiger partial charge in [-0.2, -0.15) is 0 Å². The van der Waals surface area contributed by atoms with Gasteiger partial charge in [-0.3, -0.25) is 0 Å². The minimum absolute atomic E-state index is 0.00859. The Morgan fingerprint density at radius 3 is 2.44 bits per heavy atom. The molecule has 0 bridgehead atoms. The third-order valence-electron chi connectivity index (χ3n) is 4.29. The van der Waals surface area contributed by atoms with Gasteiger partial charge in [0, 0.05) is 21.8 Å². The monoisotopic (exact) mass is 396 g/mol. The number of hydrogen-bond acceptors (Lipinski definition) is 2. The highest BCUT2D eigenvalue weighted by Crippen LogP contribution is 2.30. The first-order chi connectivity index (χ1) is 12.0. The van der Waals surface area contributed by atoms with E-state index in [2.05, 4.69) is 70.7 Å². The number of aryl methyl sites for hydroxylation is 3. The van der Waals surface area contributed by atoms with E-state index >= 15 is 0 Å². The third-order valence-corrected chi connectivity index (χ3v) is 4.82. The van der Waals surface area contributed by atoms with E-state index in [9.17, 15) is 9.90 Å². The van der Waals surface area contributed by atoms with Crippen LogP contribution in [0.4, 0.5) is 0 Å². The molecule has 0 aliphatic rings. The lowest BCUT2D eigenvalue weighted by Gasteiger charge is -2.17. The summed E-state index contributed by atoms with van der Waals surface area (Å²) in [6, 6.07) is 18.5. The van der Waals surface area contributed by atoms with Crippen LogP contribution in [0, 0.1) is 13.8 Å². The zero-order chi connectivity index (χ0) is 18.0. The number of rotatable bonds is 5. The Bertz CT molecular complexity index is 910. The maximum atomic E-state index is 10.9. The molecule has 2 aromatic carbocycles. The van der Waals surface area contributed by atoms with Crippen molar-refractivity contribution in [3.8, 4) is 16.9 Å². The summed E-state index contributed by atoms with van der Waals surface area (Å²) in [5, 5.41) is 10.9. The Hall–Kier alpha value is -2.33. The van der Waals surface area contributed by atoms with Crippen molar-refractivity contribution in [1.82, 2.24) is 4.57 Å². The SMILES string of the molecule is Cc1ccc(C)c(-n2c(CCC(=O)[O-])ccc2-c2ccc(Br)cc2)c1. The molecule has 0 atom stereocenters. The minimum atomic E-state index is -1.03. The third kappa shape index (κ3) is 3.85. The highest BCUT2D eigenvalue weighted by molar-refractivity contribution is 9.10. The first-order valence-corrected chi connectivity index (χ1v) is 8.99. The van der Waals surface area contributed by atoms with Crippen LogP contribution in [0.5, 0.6) is 0 Å². The van der Waals surface area contributed by atoms with Crippen molar-refractivity contribution in [2.24, 2.45) is 0 Å². The van der Waals surface area contributed by atoms with E-state index in [0.29, 0.717) is 6.42 Å². The molecule has 3 aromatic rings. The second kappa shape index (κ2) is 7.28. The van der Waals surface area contributed by atoms with Crippen LogP contribution < -0.4 is 5.11 Å². The number of hydrogen-bond donors (Lipinski definition) is 0. The summed E-state index contributed by atoms with van der Waals surface area (Å²) in [6.07, 6.45) is 0.445. The maximum Gasteiger partial charge on any atom is 0.0531 e. The Labute approximate surface area is 156 Å². The predicted molar refractivity (Wildman–Crippen MR) is 102 cm³/mol. The Balaban J connectivity index is 2.17. The Morgan fingerprint density at radius 2 is 1.76 bits per heavy atom. The smallest absolute Gasteiger partial charge is 0.0531 e. The number of halogens is 1. The first kappa shape index (κ1) is 17.5. The molecule has 0 spiro atoms. The van der Waals surface area contributed by atoms with Crippen molar-refractivity contribution in [2.45, 2.75) is 26.7 Å². The van der Waals surface area contributed by atoms with Crippen LogP contribution in [0.1, 0.15) is 23.2 Å². The molecule has 0 amide bonds. The van der Waals surface area contributed by atoms with E-state index in [1.165, 1.54) is 5.56 Å². The zero-order valence-electron chi connectivity index (χ0n) is 14.3. The highest BCUT2D eigenvalue weighted by atomic mass is 79.9. The first-order valence-electron chi connectivity index (χ1n) is 8.20. The van der Waals surface area contributed by atoms with E-state index in [1.54, 1.807) is 0 Å². The van der Waals surface area contributed by atoms with E-state index in [-0.39, 0.29) is 6.42 Å². The quantitative estimate of drug-likeness (QED) is 0.648. The lowest BCUT2D eigenvalue weighted by Crippen LogP contribution is -2.22. The highest BCUT2D eigenvalue weighted by Gasteiger charge is 2.14. The summed E-state index contributed by atoms with van der Waals surface area (Å²) in [5.41, 5.74) is 6.50. The average Bonchev–Trinajstić information content (AvgIpc) is 2.99. The molecule has 0 aliphatic heterocycles. The summed E-state index contributed by atoms with van der Waals surface area (Å²) < 4.78 is 3.19. The van der Waals surface area contributed by atoms with Crippen molar-refractivity contribution in [3.05, 3.63) is 75.9 Å². The van der Waals surface area contributed by atoms with Crippen LogP contribution in [-0.2, 0) is 11.2 Å². The van der Waals surface area contributed by atoms with Gasteiger partial charge in [0.25, 0.3) is 0 Å². The van der Waals surface area contributed by atoms with Crippen LogP contribution in [-0.4, -0.2) is 10.5 Å². The minimum Gasteiger partial charge on any atom is -0.550 e. The predicted octanol–water partition coefficient (Wildman–Crippen LogP) is 4.21. The molecule has 3 nitrogen and oxygen atoms in total. The normalized spacial score (nSPS) is 10.8. The van der Waals surface area contributed by atoms with Crippen molar-refractivity contribution >= 4 is 21.9 Å². The topological polar surface area (TPSA) is 45.1 Å². The second-order valence-electron chi connectivity index (χ2n) is 6.21. The molecular formula is C21H19BrNO2-. The molecule has 128 valence electrons. The second-order valence-corrected chi connectivity index (χ2v) is 7.13. The molecule has 1 heterocycles. The molecule has 1 aromatic heterocycles. The van der Waals surface area contributed by atoms with Crippen molar-refractivity contribution in [1.29, 1.82) is 0 Å². The summed E-state index contributed by atoms with van der Waals surface area (Å²) >= 11 is 3.47. The molecule has 25 heavy (non-hydrogen) atoms. The van der Waals surface area contributed by atoms with Crippen molar-refractivity contribution in [3.63, 3.8) is 0 Å². The molecular weight excluding hydrogens is 378 g/mol. The number of nitrogens with zero attached hydrogens (tertiary/aromatic N) is 1. The van der Waals surface area contributed by atoms with E-state index in [1.807, 2.05) is 18.2 Å². The summed E-state index contributed by atoms with van der Waals surface area (Å²) in [5.74, 6) is -1.03. The van der Waals surface area contributed by atoms with Gasteiger partial charge in [0.2, 0.25) is 0 Å². The number of aromatic nitrogens is 1. The summed E-state index contributed by atoms with van der Waals surface area (Å²) in [4.78, 5) is 10.9. The fourth-order valence-corrected chi connectivity index (χ4v) is 3.26. The van der Waals surface area contributed by atoms with Crippen molar-refractivity contribution in [2.75, 3.05) is 0 Å². The van der Waals surface area contributed by atoms with Crippen LogP contribution >= 0.6 is 15.9 Å². The van der Waals surface area contributed by atoms with Gasteiger partial charge in [0.1, 0.15) is 0 Å². The molecule has 0 unspecified atom stereocenters. The Morgan fingerprint density at radius 1 is 1.04 bits per heavy atom. The van der Waals surface area contributed by atoms with E-state index in [4.69, 9.17) is 0 Å². The molecule has 0 aliphatic carbocycles. The van der Waals surface area contributed by atoms with Gasteiger partial charge in [0.15, 0.2) is 0 Å². The van der Waals surface area contributed by atoms with Crippen LogP contribution in [0.2, 0.25) is 0 Å². The molecule has 4 heteroatoms. The van der Waals surface area contributed by atoms with Crippen LogP contribution in [0.3, 0.4) is 0 Å². The van der Waals surface area contributed by atoms with Gasteiger partial charge in [0.05, 0.1) is 5.69 Å². The van der Waals surface area contributed by atoms with Gasteiger partial charge in [-0.15, -0.1) is 0 Å². The zero-order valence-corrected chi connectivity index (χ0v) is 15.8. The Kier molecular flexibility index (Phi) is 5.09. The lowest BCUT2D eigenvalue weighted by molar-refractivity contribution is -0.305. The lowest BCUT2D eigenvalue weighted by atomic mass is 10.1. The number of carboxylic acid groups (broad SMARTS) is 1. The number of aliphatic carboxylic acids is 1. The molecule has 0 radical (unpaired) electrons. The number of carbonyl (C=O) groups excluding carboxylic acids is 1. The molecule has 0 saturated carbocycles. The van der Waals surface area contributed by atoms with Gasteiger partial charge < -0.3 is 14.5 Å². The standard InChI is InChI=1S/C21H20BrNO2/c1-14-3-4-15(2)20(13-14)23-18(10-12-21(24)25)9-11-19(23)16-5-7-17(22)8-6-16/h3-9,11,13H,10,12H2,1-2H3,(H,24,25)/p-1. The van der Waals surface area contributed by atoms with Crippen molar-refractivity contribution < 1.29 is 9.90 Å². The molecule has 3 rings (SSSR count). The van der Waals surface area contributed by atoms with Crippen LogP contribution in [0.15, 0.2) is 59.1 Å². The van der Waals surface area contributed by atoms with Gasteiger partial charge in [-0.1, -0.05) is 40.2 Å². The largest absolute Gasteiger partial charge is 0.550 e. The molecule has 0 fully saturated rings. The number of carboxylic acids is 1. The van der Waals surface area contributed by atoms with Gasteiger partial charge in [-0.25, -0.2) is 0 Å². The van der Waals surface area contributed by atoms with Gasteiger partial charge >= 0.3 is 0 Å².